The molecule has 1 N–H and O–H groups in total. The van der Waals surface area contributed by atoms with Gasteiger partial charge in [-0.05, 0) is 31.8 Å². The monoisotopic (exact) mass is 413 g/mol. The van der Waals surface area contributed by atoms with Crippen LogP contribution in [0.15, 0.2) is 69.7 Å². The first-order valence-electron chi connectivity index (χ1n) is 8.27. The predicted octanol–water partition coefficient (Wildman–Crippen LogP) is 4.14. The first-order valence-corrected chi connectivity index (χ1v) is 9.06. The van der Waals surface area contributed by atoms with Crippen molar-refractivity contribution in [2.45, 2.75) is 6.04 Å². The van der Waals surface area contributed by atoms with Crippen molar-refractivity contribution in [2.24, 2.45) is 0 Å². The van der Waals surface area contributed by atoms with Crippen molar-refractivity contribution in [2.75, 3.05) is 20.6 Å². The van der Waals surface area contributed by atoms with E-state index in [-0.39, 0.29) is 17.6 Å². The van der Waals surface area contributed by atoms with Crippen molar-refractivity contribution in [3.8, 4) is 11.3 Å². The maximum absolute atomic E-state index is 12.4. The first-order chi connectivity index (χ1) is 12.5. The third kappa shape index (κ3) is 4.39. The minimum atomic E-state index is -0.250. The number of nitrogens with zero attached hydrogens (tertiary/aromatic N) is 2. The molecule has 0 saturated carbocycles. The van der Waals surface area contributed by atoms with Crippen molar-refractivity contribution in [3.05, 3.63) is 76.4 Å². The SMILES string of the molecule is CN(C)[C@H](CNC(=O)c1cc(-c2ccc(Br)cc2)on1)c1ccccc1. The number of carbonyl (C=O) groups is 1. The Morgan fingerprint density at radius 2 is 1.85 bits per heavy atom. The Labute approximate surface area is 161 Å². The number of amides is 1. The van der Waals surface area contributed by atoms with E-state index < -0.39 is 0 Å². The van der Waals surface area contributed by atoms with E-state index >= 15 is 0 Å². The maximum atomic E-state index is 12.4. The number of rotatable bonds is 6. The molecule has 6 heteroatoms. The van der Waals surface area contributed by atoms with E-state index in [0.29, 0.717) is 12.3 Å². The van der Waals surface area contributed by atoms with Gasteiger partial charge in [0, 0.05) is 22.6 Å². The minimum Gasteiger partial charge on any atom is -0.355 e. The van der Waals surface area contributed by atoms with Gasteiger partial charge in [0.05, 0.1) is 6.04 Å². The van der Waals surface area contributed by atoms with Gasteiger partial charge in [0.1, 0.15) is 0 Å². The fraction of sp³-hybridized carbons (Fsp3) is 0.200. The van der Waals surface area contributed by atoms with Crippen molar-refractivity contribution < 1.29 is 9.32 Å². The Kier molecular flexibility index (Phi) is 5.85. The molecular weight excluding hydrogens is 394 g/mol. The average Bonchev–Trinajstić information content (AvgIpc) is 3.13. The number of benzene rings is 2. The predicted molar refractivity (Wildman–Crippen MR) is 105 cm³/mol. The van der Waals surface area contributed by atoms with Gasteiger partial charge in [-0.15, -0.1) is 0 Å². The third-order valence-electron chi connectivity index (χ3n) is 4.14. The van der Waals surface area contributed by atoms with E-state index in [0.717, 1.165) is 15.6 Å². The molecule has 1 heterocycles. The van der Waals surface area contributed by atoms with E-state index in [9.17, 15) is 4.79 Å². The fourth-order valence-electron chi connectivity index (χ4n) is 2.69. The van der Waals surface area contributed by atoms with Crippen molar-refractivity contribution in [1.29, 1.82) is 0 Å². The smallest absolute Gasteiger partial charge is 0.273 e. The molecule has 0 radical (unpaired) electrons. The lowest BCUT2D eigenvalue weighted by Gasteiger charge is -2.24. The standard InChI is InChI=1S/C20H20BrN3O2/c1-24(2)18(14-6-4-3-5-7-14)13-22-20(25)17-12-19(26-23-17)15-8-10-16(21)11-9-15/h3-12,18H,13H2,1-2H3,(H,22,25)/t18-/m1/s1. The Hall–Kier alpha value is -2.44. The minimum absolute atomic E-state index is 0.0815. The van der Waals surface area contributed by atoms with Gasteiger partial charge in [-0.1, -0.05) is 63.6 Å². The number of likely N-dealkylation sites (N-methyl/N-ethyl adjacent to an activating group) is 1. The molecule has 1 amide bonds. The molecule has 0 aliphatic carbocycles. The summed E-state index contributed by atoms with van der Waals surface area (Å²) in [5, 5.41) is 6.84. The number of hydrogen-bond acceptors (Lipinski definition) is 4. The second kappa shape index (κ2) is 8.29. The quantitative estimate of drug-likeness (QED) is 0.659. The van der Waals surface area contributed by atoms with Gasteiger partial charge < -0.3 is 14.7 Å². The number of hydrogen-bond donors (Lipinski definition) is 1. The summed E-state index contributed by atoms with van der Waals surface area (Å²) >= 11 is 3.40. The lowest BCUT2D eigenvalue weighted by Crippen LogP contribution is -2.34. The third-order valence-corrected chi connectivity index (χ3v) is 4.66. The molecule has 134 valence electrons. The van der Waals surface area contributed by atoms with Crippen LogP contribution in [0.25, 0.3) is 11.3 Å². The van der Waals surface area contributed by atoms with Crippen LogP contribution in [0.3, 0.4) is 0 Å². The van der Waals surface area contributed by atoms with Crippen molar-refractivity contribution in [3.63, 3.8) is 0 Å². The van der Waals surface area contributed by atoms with Crippen LogP contribution in [-0.2, 0) is 0 Å². The van der Waals surface area contributed by atoms with Crippen LogP contribution in [0, 0.1) is 0 Å². The highest BCUT2D eigenvalue weighted by Crippen LogP contribution is 2.23. The molecule has 0 aliphatic rings. The van der Waals surface area contributed by atoms with Gasteiger partial charge in [-0.2, -0.15) is 0 Å². The molecule has 3 rings (SSSR count). The summed E-state index contributed by atoms with van der Waals surface area (Å²) < 4.78 is 6.29. The highest BCUT2D eigenvalue weighted by atomic mass is 79.9. The van der Waals surface area contributed by atoms with Crippen LogP contribution in [0.4, 0.5) is 0 Å². The molecule has 0 saturated heterocycles. The molecule has 0 bridgehead atoms. The number of halogens is 1. The lowest BCUT2D eigenvalue weighted by atomic mass is 10.1. The van der Waals surface area contributed by atoms with Crippen LogP contribution >= 0.6 is 15.9 Å². The lowest BCUT2D eigenvalue weighted by molar-refractivity contribution is 0.0933. The first kappa shape index (κ1) is 18.4. The zero-order chi connectivity index (χ0) is 18.5. The summed E-state index contributed by atoms with van der Waals surface area (Å²) in [7, 11) is 3.98. The van der Waals surface area contributed by atoms with Crippen LogP contribution in [0.2, 0.25) is 0 Å². The van der Waals surface area contributed by atoms with Crippen LogP contribution in [0.5, 0.6) is 0 Å². The zero-order valence-corrected chi connectivity index (χ0v) is 16.2. The molecule has 5 nitrogen and oxygen atoms in total. The molecule has 2 aromatic carbocycles. The van der Waals surface area contributed by atoms with Gasteiger partial charge in [-0.3, -0.25) is 4.79 Å². The summed E-state index contributed by atoms with van der Waals surface area (Å²) in [4.78, 5) is 14.5. The largest absolute Gasteiger partial charge is 0.355 e. The molecule has 0 aliphatic heterocycles. The van der Waals surface area contributed by atoms with E-state index in [1.54, 1.807) is 6.07 Å². The Balaban J connectivity index is 1.67. The van der Waals surface area contributed by atoms with Gasteiger partial charge in [0.2, 0.25) is 0 Å². The van der Waals surface area contributed by atoms with Gasteiger partial charge in [0.25, 0.3) is 5.91 Å². The Morgan fingerprint density at radius 1 is 1.15 bits per heavy atom. The van der Waals surface area contributed by atoms with E-state index in [4.69, 9.17) is 4.52 Å². The molecule has 0 spiro atoms. The van der Waals surface area contributed by atoms with Gasteiger partial charge >= 0.3 is 0 Å². The molecule has 0 fully saturated rings. The highest BCUT2D eigenvalue weighted by molar-refractivity contribution is 9.10. The summed E-state index contributed by atoms with van der Waals surface area (Å²) in [6, 6.07) is 19.5. The summed E-state index contributed by atoms with van der Waals surface area (Å²) in [6.07, 6.45) is 0. The normalized spacial score (nSPS) is 12.2. The molecule has 1 atom stereocenters. The van der Waals surface area contributed by atoms with Crippen molar-refractivity contribution in [1.82, 2.24) is 15.4 Å². The van der Waals surface area contributed by atoms with E-state index in [1.807, 2.05) is 56.6 Å². The second-order valence-electron chi connectivity index (χ2n) is 6.18. The van der Waals surface area contributed by atoms with E-state index in [1.165, 1.54) is 0 Å². The number of nitrogens with one attached hydrogen (secondary N) is 1. The maximum Gasteiger partial charge on any atom is 0.273 e. The number of aromatic nitrogens is 1. The Bertz CT molecular complexity index is 860. The molecule has 3 aromatic rings. The summed E-state index contributed by atoms with van der Waals surface area (Å²) in [5.74, 6) is 0.315. The Morgan fingerprint density at radius 3 is 2.50 bits per heavy atom. The fourth-order valence-corrected chi connectivity index (χ4v) is 2.95. The van der Waals surface area contributed by atoms with Gasteiger partial charge in [-0.25, -0.2) is 0 Å². The average molecular weight is 414 g/mol. The van der Waals surface area contributed by atoms with Crippen LogP contribution in [0.1, 0.15) is 22.1 Å². The van der Waals surface area contributed by atoms with Crippen LogP contribution < -0.4 is 5.32 Å². The zero-order valence-electron chi connectivity index (χ0n) is 14.6. The van der Waals surface area contributed by atoms with Crippen molar-refractivity contribution >= 4 is 21.8 Å². The van der Waals surface area contributed by atoms with Crippen LogP contribution in [-0.4, -0.2) is 36.6 Å². The summed E-state index contributed by atoms with van der Waals surface area (Å²) in [6.45, 7) is 0.482. The number of carbonyl (C=O) groups excluding carboxylic acids is 1. The van der Waals surface area contributed by atoms with E-state index in [2.05, 4.69) is 43.4 Å². The topological polar surface area (TPSA) is 58.4 Å². The second-order valence-corrected chi connectivity index (χ2v) is 7.10. The molecule has 26 heavy (non-hydrogen) atoms. The highest BCUT2D eigenvalue weighted by Gasteiger charge is 2.18. The molecular formula is C20H20BrN3O2. The summed E-state index contributed by atoms with van der Waals surface area (Å²) in [5.41, 5.74) is 2.29. The molecule has 1 aromatic heterocycles. The molecule has 0 unspecified atom stereocenters. The van der Waals surface area contributed by atoms with Gasteiger partial charge in [0.15, 0.2) is 11.5 Å².